The molecular formula is C15H23NO. The molecule has 0 aliphatic carbocycles. The molecule has 2 nitrogen and oxygen atoms in total. The normalized spacial score (nSPS) is 19.5. The molecule has 1 aromatic carbocycles. The number of benzene rings is 1. The van der Waals surface area contributed by atoms with Gasteiger partial charge in [0.15, 0.2) is 6.23 Å². The number of hydrogen-bond donors (Lipinski definition) is 1. The van der Waals surface area contributed by atoms with Gasteiger partial charge in [-0.25, -0.2) is 0 Å². The van der Waals surface area contributed by atoms with Gasteiger partial charge in [0.25, 0.3) is 0 Å². The van der Waals surface area contributed by atoms with Crippen molar-refractivity contribution in [1.29, 1.82) is 0 Å². The summed E-state index contributed by atoms with van der Waals surface area (Å²) in [5.41, 5.74) is 2.73. The van der Waals surface area contributed by atoms with Crippen molar-refractivity contribution in [3.63, 3.8) is 0 Å². The minimum Gasteiger partial charge on any atom is -0.468 e. The summed E-state index contributed by atoms with van der Waals surface area (Å²) in [5.74, 6) is 0.970. The molecular weight excluding hydrogens is 210 g/mol. The first-order chi connectivity index (χ1) is 7.68. The quantitative estimate of drug-likeness (QED) is 0.726. The molecule has 1 aliphatic rings. The highest BCUT2D eigenvalue weighted by atomic mass is 16.5. The van der Waals surface area contributed by atoms with Gasteiger partial charge in [-0.1, -0.05) is 47.6 Å². The fourth-order valence-electron chi connectivity index (χ4n) is 1.90. The van der Waals surface area contributed by atoms with Crippen LogP contribution >= 0.6 is 0 Å². The van der Waals surface area contributed by atoms with Crippen molar-refractivity contribution >= 4 is 5.69 Å². The third-order valence-corrected chi connectivity index (χ3v) is 3.16. The minimum absolute atomic E-state index is 0.0627. The van der Waals surface area contributed by atoms with Crippen LogP contribution in [0.25, 0.3) is 0 Å². The smallest absolute Gasteiger partial charge is 0.175 e. The maximum atomic E-state index is 5.93. The van der Waals surface area contributed by atoms with Crippen LogP contribution in [-0.4, -0.2) is 6.23 Å². The van der Waals surface area contributed by atoms with Crippen LogP contribution in [0.5, 0.6) is 5.75 Å². The zero-order valence-corrected chi connectivity index (χ0v) is 11.7. The molecule has 0 radical (unpaired) electrons. The van der Waals surface area contributed by atoms with Crippen LogP contribution in [0.15, 0.2) is 18.2 Å². The molecule has 1 heterocycles. The first kappa shape index (κ1) is 12.3. The maximum absolute atomic E-state index is 5.93. The van der Waals surface area contributed by atoms with Crippen molar-refractivity contribution in [3.8, 4) is 5.75 Å². The second-order valence-electron chi connectivity index (χ2n) is 6.97. The Kier molecular flexibility index (Phi) is 2.64. The highest BCUT2D eigenvalue weighted by molar-refractivity contribution is 5.62. The Hall–Kier alpha value is -1.18. The molecule has 0 amide bonds. The lowest BCUT2D eigenvalue weighted by molar-refractivity contribution is 0.127. The van der Waals surface area contributed by atoms with Gasteiger partial charge in [-0.15, -0.1) is 0 Å². The van der Waals surface area contributed by atoms with Crippen LogP contribution in [-0.2, 0) is 5.41 Å². The Morgan fingerprint density at radius 3 is 2.24 bits per heavy atom. The summed E-state index contributed by atoms with van der Waals surface area (Å²) in [7, 11) is 0. The molecule has 2 heteroatoms. The van der Waals surface area contributed by atoms with Crippen LogP contribution in [0.4, 0.5) is 5.69 Å². The van der Waals surface area contributed by atoms with E-state index in [0.29, 0.717) is 0 Å². The third-order valence-electron chi connectivity index (χ3n) is 3.16. The van der Waals surface area contributed by atoms with Gasteiger partial charge < -0.3 is 10.1 Å². The summed E-state index contributed by atoms with van der Waals surface area (Å²) in [4.78, 5) is 0. The number of nitrogens with one attached hydrogen (secondary N) is 1. The fourth-order valence-corrected chi connectivity index (χ4v) is 1.90. The van der Waals surface area contributed by atoms with Crippen LogP contribution < -0.4 is 10.1 Å². The highest BCUT2D eigenvalue weighted by Crippen LogP contribution is 2.39. The van der Waals surface area contributed by atoms with Crippen molar-refractivity contribution in [2.24, 2.45) is 5.41 Å². The van der Waals surface area contributed by atoms with E-state index in [2.05, 4.69) is 65.1 Å². The van der Waals surface area contributed by atoms with E-state index < -0.39 is 0 Å². The molecule has 1 aliphatic heterocycles. The third kappa shape index (κ3) is 2.41. The Morgan fingerprint density at radius 1 is 1.06 bits per heavy atom. The van der Waals surface area contributed by atoms with E-state index in [4.69, 9.17) is 4.74 Å². The van der Waals surface area contributed by atoms with Crippen LogP contribution in [0.3, 0.4) is 0 Å². The molecule has 94 valence electrons. The van der Waals surface area contributed by atoms with Gasteiger partial charge in [0, 0.05) is 5.41 Å². The van der Waals surface area contributed by atoms with Crippen molar-refractivity contribution in [3.05, 3.63) is 23.8 Å². The lowest BCUT2D eigenvalue weighted by atomic mass is 9.87. The number of rotatable bonds is 0. The Balaban J connectivity index is 2.29. The zero-order chi connectivity index (χ0) is 12.8. The summed E-state index contributed by atoms with van der Waals surface area (Å²) in [5, 5.41) is 3.46. The summed E-state index contributed by atoms with van der Waals surface area (Å²) < 4.78 is 5.93. The highest BCUT2D eigenvalue weighted by Gasteiger charge is 2.32. The van der Waals surface area contributed by atoms with Gasteiger partial charge >= 0.3 is 0 Å². The molecule has 0 spiro atoms. The van der Waals surface area contributed by atoms with Gasteiger partial charge in [-0.05, 0) is 23.1 Å². The van der Waals surface area contributed by atoms with E-state index in [1.54, 1.807) is 0 Å². The monoisotopic (exact) mass is 233 g/mol. The van der Waals surface area contributed by atoms with E-state index in [1.807, 2.05) is 0 Å². The predicted molar refractivity (Wildman–Crippen MR) is 72.6 cm³/mol. The summed E-state index contributed by atoms with van der Waals surface area (Å²) in [6.45, 7) is 13.2. The van der Waals surface area contributed by atoms with Gasteiger partial charge in [0.2, 0.25) is 0 Å². The second-order valence-corrected chi connectivity index (χ2v) is 6.97. The van der Waals surface area contributed by atoms with E-state index in [0.717, 1.165) is 11.4 Å². The van der Waals surface area contributed by atoms with Gasteiger partial charge in [0.05, 0.1) is 5.69 Å². The SMILES string of the molecule is CC(C)(C)c1ccc2c(c1)NC(C(C)(C)C)O2. The van der Waals surface area contributed by atoms with Gasteiger partial charge in [-0.3, -0.25) is 0 Å². The average Bonchev–Trinajstić information content (AvgIpc) is 2.57. The molecule has 1 atom stereocenters. The first-order valence-corrected chi connectivity index (χ1v) is 6.26. The van der Waals surface area contributed by atoms with Crippen LogP contribution in [0.1, 0.15) is 47.1 Å². The standard InChI is InChI=1S/C15H23NO/c1-14(2,3)10-7-8-12-11(9-10)16-13(17-12)15(4,5)6/h7-9,13,16H,1-6H3. The van der Waals surface area contributed by atoms with Crippen molar-refractivity contribution in [1.82, 2.24) is 0 Å². The molecule has 1 aromatic rings. The van der Waals surface area contributed by atoms with Crippen molar-refractivity contribution in [2.75, 3.05) is 5.32 Å². The number of hydrogen-bond acceptors (Lipinski definition) is 2. The summed E-state index contributed by atoms with van der Waals surface area (Å²) >= 11 is 0. The predicted octanol–water partition coefficient (Wildman–Crippen LogP) is 4.16. The largest absolute Gasteiger partial charge is 0.468 e. The van der Waals surface area contributed by atoms with Crippen LogP contribution in [0, 0.1) is 5.41 Å². The number of ether oxygens (including phenoxy) is 1. The number of anilines is 1. The molecule has 1 unspecified atom stereocenters. The van der Waals surface area contributed by atoms with Crippen molar-refractivity contribution in [2.45, 2.75) is 53.2 Å². The molecule has 0 saturated heterocycles. The summed E-state index contributed by atoms with van der Waals surface area (Å²) in [6.07, 6.45) is 0.0627. The van der Waals surface area contributed by atoms with E-state index in [1.165, 1.54) is 5.56 Å². The molecule has 2 rings (SSSR count). The summed E-state index contributed by atoms with van der Waals surface area (Å²) in [6, 6.07) is 6.45. The molecule has 0 aromatic heterocycles. The molecule has 17 heavy (non-hydrogen) atoms. The molecule has 1 N–H and O–H groups in total. The molecule has 0 saturated carbocycles. The van der Waals surface area contributed by atoms with E-state index in [-0.39, 0.29) is 17.1 Å². The van der Waals surface area contributed by atoms with E-state index in [9.17, 15) is 0 Å². The van der Waals surface area contributed by atoms with E-state index >= 15 is 0 Å². The fraction of sp³-hybridized carbons (Fsp3) is 0.600. The first-order valence-electron chi connectivity index (χ1n) is 6.26. The number of fused-ring (bicyclic) bond motifs is 1. The molecule has 0 bridgehead atoms. The average molecular weight is 233 g/mol. The van der Waals surface area contributed by atoms with Crippen molar-refractivity contribution < 1.29 is 4.74 Å². The minimum atomic E-state index is 0.0627. The topological polar surface area (TPSA) is 21.3 Å². The second kappa shape index (κ2) is 3.66. The lowest BCUT2D eigenvalue weighted by Gasteiger charge is -2.26. The zero-order valence-electron chi connectivity index (χ0n) is 11.7. The lowest BCUT2D eigenvalue weighted by Crippen LogP contribution is -2.35. The van der Waals surface area contributed by atoms with Gasteiger partial charge in [-0.2, -0.15) is 0 Å². The van der Waals surface area contributed by atoms with Crippen LogP contribution in [0.2, 0.25) is 0 Å². The van der Waals surface area contributed by atoms with Gasteiger partial charge in [0.1, 0.15) is 5.75 Å². The Labute approximate surface area is 104 Å². The Bertz CT molecular complexity index is 424. The Morgan fingerprint density at radius 2 is 1.71 bits per heavy atom. The molecule has 0 fully saturated rings. The maximum Gasteiger partial charge on any atom is 0.175 e.